The SMILES string of the molecule is Cc1cc2c(NCC(O)CO)ccc([N+](=O)[O-])c2cn1. The summed E-state index contributed by atoms with van der Waals surface area (Å²) in [5, 5.41) is 33.2. The molecule has 2 aromatic rings. The van der Waals surface area contributed by atoms with Crippen LogP contribution in [0.15, 0.2) is 24.4 Å². The number of aliphatic hydroxyl groups is 2. The van der Waals surface area contributed by atoms with Gasteiger partial charge in [0.1, 0.15) is 0 Å². The lowest BCUT2D eigenvalue weighted by atomic mass is 10.1. The van der Waals surface area contributed by atoms with Gasteiger partial charge in [-0.3, -0.25) is 15.1 Å². The maximum absolute atomic E-state index is 11.0. The van der Waals surface area contributed by atoms with E-state index in [-0.39, 0.29) is 18.8 Å². The number of anilines is 1. The molecule has 0 aliphatic heterocycles. The first-order chi connectivity index (χ1) is 9.52. The number of fused-ring (bicyclic) bond motifs is 1. The van der Waals surface area contributed by atoms with Gasteiger partial charge in [0.15, 0.2) is 0 Å². The van der Waals surface area contributed by atoms with E-state index in [4.69, 9.17) is 5.11 Å². The highest BCUT2D eigenvalue weighted by Gasteiger charge is 2.15. The number of benzene rings is 1. The number of nitro benzene ring substituents is 1. The molecule has 0 aliphatic rings. The molecular weight excluding hydrogens is 262 g/mol. The van der Waals surface area contributed by atoms with Crippen molar-refractivity contribution in [2.75, 3.05) is 18.5 Å². The lowest BCUT2D eigenvalue weighted by molar-refractivity contribution is -0.383. The highest BCUT2D eigenvalue weighted by Crippen LogP contribution is 2.31. The molecule has 2 rings (SSSR count). The summed E-state index contributed by atoms with van der Waals surface area (Å²) >= 11 is 0. The molecule has 106 valence electrons. The minimum atomic E-state index is -0.886. The van der Waals surface area contributed by atoms with Crippen molar-refractivity contribution in [3.05, 3.63) is 40.2 Å². The number of aliphatic hydroxyl groups excluding tert-OH is 2. The second-order valence-corrected chi connectivity index (χ2v) is 4.48. The zero-order valence-corrected chi connectivity index (χ0v) is 10.9. The third kappa shape index (κ3) is 2.84. The van der Waals surface area contributed by atoms with Gasteiger partial charge in [-0.05, 0) is 19.1 Å². The molecule has 1 aromatic carbocycles. The standard InChI is InChI=1S/C13H15N3O4/c1-8-4-10-11(6-14-8)13(16(19)20)3-2-12(10)15-5-9(18)7-17/h2-4,6,9,15,17-18H,5,7H2,1H3. The van der Waals surface area contributed by atoms with E-state index in [9.17, 15) is 15.2 Å². The number of nitro groups is 1. The van der Waals surface area contributed by atoms with Gasteiger partial charge in [0, 0.05) is 35.6 Å². The van der Waals surface area contributed by atoms with Crippen molar-refractivity contribution < 1.29 is 15.1 Å². The molecule has 20 heavy (non-hydrogen) atoms. The number of rotatable bonds is 5. The maximum Gasteiger partial charge on any atom is 0.278 e. The molecule has 0 spiro atoms. The second-order valence-electron chi connectivity index (χ2n) is 4.48. The van der Waals surface area contributed by atoms with Gasteiger partial charge >= 0.3 is 0 Å². The topological polar surface area (TPSA) is 109 Å². The molecule has 1 unspecified atom stereocenters. The maximum atomic E-state index is 11.0. The lowest BCUT2D eigenvalue weighted by Gasteiger charge is -2.13. The van der Waals surface area contributed by atoms with Gasteiger partial charge in [-0.15, -0.1) is 0 Å². The molecule has 0 saturated carbocycles. The Morgan fingerprint density at radius 2 is 2.20 bits per heavy atom. The van der Waals surface area contributed by atoms with Crippen molar-refractivity contribution in [3.63, 3.8) is 0 Å². The molecule has 0 radical (unpaired) electrons. The van der Waals surface area contributed by atoms with Crippen LogP contribution in [0, 0.1) is 17.0 Å². The Balaban J connectivity index is 2.48. The molecule has 0 bridgehead atoms. The zero-order valence-electron chi connectivity index (χ0n) is 10.9. The quantitative estimate of drug-likeness (QED) is 0.560. The molecule has 7 heteroatoms. The van der Waals surface area contributed by atoms with Gasteiger partial charge < -0.3 is 15.5 Å². The Morgan fingerprint density at radius 1 is 1.45 bits per heavy atom. The van der Waals surface area contributed by atoms with Crippen LogP contribution in [-0.4, -0.2) is 39.4 Å². The van der Waals surface area contributed by atoms with Crippen molar-refractivity contribution in [2.45, 2.75) is 13.0 Å². The summed E-state index contributed by atoms with van der Waals surface area (Å²) < 4.78 is 0. The Hall–Kier alpha value is -2.25. The third-order valence-corrected chi connectivity index (χ3v) is 2.95. The predicted octanol–water partition coefficient (Wildman–Crippen LogP) is 1.22. The van der Waals surface area contributed by atoms with Crippen LogP contribution in [0.1, 0.15) is 5.69 Å². The van der Waals surface area contributed by atoms with Gasteiger partial charge in [-0.25, -0.2) is 0 Å². The fraction of sp³-hybridized carbons (Fsp3) is 0.308. The fourth-order valence-corrected chi connectivity index (χ4v) is 1.93. The number of hydrogen-bond donors (Lipinski definition) is 3. The van der Waals surface area contributed by atoms with Gasteiger partial charge in [0.25, 0.3) is 5.69 Å². The number of pyridine rings is 1. The zero-order chi connectivity index (χ0) is 14.7. The monoisotopic (exact) mass is 277 g/mol. The molecule has 1 heterocycles. The van der Waals surface area contributed by atoms with Crippen molar-refractivity contribution in [1.82, 2.24) is 4.98 Å². The van der Waals surface area contributed by atoms with E-state index in [0.29, 0.717) is 16.5 Å². The van der Waals surface area contributed by atoms with E-state index in [1.165, 1.54) is 12.3 Å². The van der Waals surface area contributed by atoms with Crippen LogP contribution >= 0.6 is 0 Å². The van der Waals surface area contributed by atoms with Crippen LogP contribution in [0.4, 0.5) is 11.4 Å². The molecule has 0 amide bonds. The van der Waals surface area contributed by atoms with Crippen LogP contribution < -0.4 is 5.32 Å². The van der Waals surface area contributed by atoms with E-state index in [1.807, 2.05) is 0 Å². The van der Waals surface area contributed by atoms with Gasteiger partial charge in [0.05, 0.1) is 23.0 Å². The first-order valence-corrected chi connectivity index (χ1v) is 6.09. The van der Waals surface area contributed by atoms with E-state index in [0.717, 1.165) is 5.69 Å². The number of hydrogen-bond acceptors (Lipinski definition) is 6. The number of nitrogens with one attached hydrogen (secondary N) is 1. The molecule has 0 aliphatic carbocycles. The lowest BCUT2D eigenvalue weighted by Crippen LogP contribution is -2.23. The summed E-state index contributed by atoms with van der Waals surface area (Å²) in [5.74, 6) is 0. The van der Waals surface area contributed by atoms with Crippen molar-refractivity contribution >= 4 is 22.1 Å². The first kappa shape index (κ1) is 14.2. The summed E-state index contributed by atoms with van der Waals surface area (Å²) in [7, 11) is 0. The molecule has 3 N–H and O–H groups in total. The van der Waals surface area contributed by atoms with E-state index in [1.54, 1.807) is 19.1 Å². The summed E-state index contributed by atoms with van der Waals surface area (Å²) in [6.45, 7) is 1.61. The molecule has 1 atom stereocenters. The van der Waals surface area contributed by atoms with Gasteiger partial charge in [0.2, 0.25) is 0 Å². The summed E-state index contributed by atoms with van der Waals surface area (Å²) in [6.07, 6.45) is 0.583. The second kappa shape index (κ2) is 5.81. The molecule has 0 saturated heterocycles. The largest absolute Gasteiger partial charge is 0.394 e. The molecule has 7 nitrogen and oxygen atoms in total. The number of non-ortho nitro benzene ring substituents is 1. The summed E-state index contributed by atoms with van der Waals surface area (Å²) in [6, 6.07) is 4.73. The normalized spacial score (nSPS) is 12.3. The minimum absolute atomic E-state index is 0.0132. The van der Waals surface area contributed by atoms with E-state index in [2.05, 4.69) is 10.3 Å². The van der Waals surface area contributed by atoms with E-state index >= 15 is 0 Å². The number of nitrogens with zero attached hydrogens (tertiary/aromatic N) is 2. The predicted molar refractivity (Wildman–Crippen MR) is 74.7 cm³/mol. The van der Waals surface area contributed by atoms with Crippen LogP contribution in [0.2, 0.25) is 0 Å². The Kier molecular flexibility index (Phi) is 4.11. The van der Waals surface area contributed by atoms with Gasteiger partial charge in [-0.2, -0.15) is 0 Å². The van der Waals surface area contributed by atoms with Crippen LogP contribution in [0.3, 0.4) is 0 Å². The molecule has 0 fully saturated rings. The average molecular weight is 277 g/mol. The van der Waals surface area contributed by atoms with Crippen LogP contribution in [0.25, 0.3) is 10.8 Å². The van der Waals surface area contributed by atoms with E-state index < -0.39 is 11.0 Å². The number of aryl methyl sites for hydroxylation is 1. The number of aromatic nitrogens is 1. The van der Waals surface area contributed by atoms with Crippen molar-refractivity contribution in [1.29, 1.82) is 0 Å². The highest BCUT2D eigenvalue weighted by atomic mass is 16.6. The molecular formula is C13H15N3O4. The van der Waals surface area contributed by atoms with Crippen LogP contribution in [0.5, 0.6) is 0 Å². The fourth-order valence-electron chi connectivity index (χ4n) is 1.93. The van der Waals surface area contributed by atoms with Crippen molar-refractivity contribution in [2.24, 2.45) is 0 Å². The Labute approximate surface area is 115 Å². The third-order valence-electron chi connectivity index (χ3n) is 2.95. The van der Waals surface area contributed by atoms with Crippen LogP contribution in [-0.2, 0) is 0 Å². The summed E-state index contributed by atoms with van der Waals surface area (Å²) in [5.41, 5.74) is 1.38. The first-order valence-electron chi connectivity index (χ1n) is 6.09. The highest BCUT2D eigenvalue weighted by molar-refractivity contribution is 5.99. The van der Waals surface area contributed by atoms with Crippen molar-refractivity contribution in [3.8, 4) is 0 Å². The smallest absolute Gasteiger partial charge is 0.278 e. The summed E-state index contributed by atoms with van der Waals surface area (Å²) in [4.78, 5) is 14.6. The van der Waals surface area contributed by atoms with Gasteiger partial charge in [-0.1, -0.05) is 0 Å². The minimum Gasteiger partial charge on any atom is -0.394 e. The Bertz CT molecular complexity index is 645. The average Bonchev–Trinajstić information content (AvgIpc) is 2.43. The Morgan fingerprint density at radius 3 is 2.85 bits per heavy atom. The molecule has 1 aromatic heterocycles.